The molecule has 2 aliphatic rings. The molecule has 2 aliphatic heterocycles. The fourth-order valence-electron chi connectivity index (χ4n) is 3.19. The van der Waals surface area contributed by atoms with Crippen LogP contribution in [0.2, 0.25) is 0 Å². The molecule has 5 heteroatoms. The van der Waals surface area contributed by atoms with Gasteiger partial charge in [0.25, 0.3) is 5.91 Å². The molecule has 1 aromatic rings. The van der Waals surface area contributed by atoms with E-state index in [9.17, 15) is 14.0 Å². The summed E-state index contributed by atoms with van der Waals surface area (Å²) in [5.74, 6) is -0.671. The van der Waals surface area contributed by atoms with Crippen LogP contribution >= 0.6 is 0 Å². The normalized spacial score (nSPS) is 26.1. The van der Waals surface area contributed by atoms with Gasteiger partial charge in [0.05, 0.1) is 5.69 Å². The first-order valence-corrected chi connectivity index (χ1v) is 7.03. The van der Waals surface area contributed by atoms with Crippen molar-refractivity contribution in [2.45, 2.75) is 38.3 Å². The number of nitrogens with zero attached hydrogens (tertiary/aromatic N) is 2. The lowest BCUT2D eigenvalue weighted by Gasteiger charge is -2.42. The van der Waals surface area contributed by atoms with Gasteiger partial charge >= 0.3 is 0 Å². The molecule has 0 aliphatic carbocycles. The number of fused-ring (bicyclic) bond motifs is 1. The van der Waals surface area contributed by atoms with Crippen molar-refractivity contribution in [3.63, 3.8) is 0 Å². The lowest BCUT2D eigenvalue weighted by Crippen LogP contribution is -2.63. The monoisotopic (exact) mass is 276 g/mol. The van der Waals surface area contributed by atoms with Crippen LogP contribution in [0.3, 0.4) is 0 Å². The molecule has 2 unspecified atom stereocenters. The van der Waals surface area contributed by atoms with Crippen molar-refractivity contribution < 1.29 is 14.0 Å². The second-order valence-corrected chi connectivity index (χ2v) is 5.27. The largest absolute Gasteiger partial charge is 0.329 e. The van der Waals surface area contributed by atoms with Gasteiger partial charge in [0.2, 0.25) is 5.91 Å². The highest BCUT2D eigenvalue weighted by atomic mass is 19.1. The molecule has 2 heterocycles. The van der Waals surface area contributed by atoms with Crippen molar-refractivity contribution >= 4 is 17.5 Å². The number of halogens is 1. The Morgan fingerprint density at radius 3 is 2.70 bits per heavy atom. The molecule has 0 spiro atoms. The summed E-state index contributed by atoms with van der Waals surface area (Å²) in [5, 5.41) is 0. The van der Waals surface area contributed by atoms with Gasteiger partial charge in [-0.25, -0.2) is 4.39 Å². The third kappa shape index (κ3) is 1.80. The summed E-state index contributed by atoms with van der Waals surface area (Å²) in [5.41, 5.74) is 0.212. The molecule has 2 fully saturated rings. The molecule has 20 heavy (non-hydrogen) atoms. The molecule has 0 saturated carbocycles. The Kier molecular flexibility index (Phi) is 3.20. The van der Waals surface area contributed by atoms with Gasteiger partial charge in [0, 0.05) is 6.54 Å². The van der Waals surface area contributed by atoms with Gasteiger partial charge in [-0.15, -0.1) is 0 Å². The maximum Gasteiger partial charge on any atom is 0.250 e. The fourth-order valence-corrected chi connectivity index (χ4v) is 3.19. The summed E-state index contributed by atoms with van der Waals surface area (Å²) in [6.07, 6.45) is 2.00. The number of anilines is 1. The number of carbonyl (C=O) groups is 2. The zero-order chi connectivity index (χ0) is 14.3. The Balaban J connectivity index is 2.05. The Bertz CT molecular complexity index is 561. The van der Waals surface area contributed by atoms with Gasteiger partial charge in [-0.2, -0.15) is 0 Å². The van der Waals surface area contributed by atoms with E-state index in [4.69, 9.17) is 0 Å². The molecule has 0 N–H and O–H groups in total. The van der Waals surface area contributed by atoms with E-state index in [1.165, 1.54) is 11.0 Å². The van der Waals surface area contributed by atoms with Gasteiger partial charge in [0.1, 0.15) is 17.9 Å². The smallest absolute Gasteiger partial charge is 0.250 e. The Labute approximate surface area is 117 Å². The van der Waals surface area contributed by atoms with E-state index in [0.29, 0.717) is 19.4 Å². The van der Waals surface area contributed by atoms with Crippen molar-refractivity contribution in [1.29, 1.82) is 0 Å². The lowest BCUT2D eigenvalue weighted by molar-refractivity contribution is -0.144. The number of benzene rings is 1. The topological polar surface area (TPSA) is 40.6 Å². The maximum absolute atomic E-state index is 14.0. The second-order valence-electron chi connectivity index (χ2n) is 5.27. The van der Waals surface area contributed by atoms with Crippen molar-refractivity contribution in [1.82, 2.24) is 4.90 Å². The molecular formula is C15H17FN2O2. The zero-order valence-corrected chi connectivity index (χ0v) is 11.4. The molecule has 2 atom stereocenters. The van der Waals surface area contributed by atoms with Crippen LogP contribution in [0.15, 0.2) is 24.3 Å². The summed E-state index contributed by atoms with van der Waals surface area (Å²) >= 11 is 0. The molecule has 4 nitrogen and oxygen atoms in total. The average Bonchev–Trinajstić information content (AvgIpc) is 2.93. The molecule has 1 aromatic carbocycles. The van der Waals surface area contributed by atoms with Gasteiger partial charge in [-0.05, 0) is 31.4 Å². The van der Waals surface area contributed by atoms with Crippen molar-refractivity contribution in [2.75, 3.05) is 11.4 Å². The lowest BCUT2D eigenvalue weighted by atomic mass is 10.0. The average molecular weight is 276 g/mol. The van der Waals surface area contributed by atoms with Gasteiger partial charge < -0.3 is 4.90 Å². The molecule has 2 saturated heterocycles. The number of carbonyl (C=O) groups excluding carboxylic acids is 2. The summed E-state index contributed by atoms with van der Waals surface area (Å²) < 4.78 is 14.0. The SMILES string of the molecule is CCC1C(=O)N2CCCC2C(=O)N1c1ccccc1F. The number of rotatable bonds is 2. The summed E-state index contributed by atoms with van der Waals surface area (Å²) in [7, 11) is 0. The minimum Gasteiger partial charge on any atom is -0.329 e. The van der Waals surface area contributed by atoms with Crippen LogP contribution in [0.1, 0.15) is 26.2 Å². The van der Waals surface area contributed by atoms with Gasteiger partial charge in [-0.1, -0.05) is 19.1 Å². The zero-order valence-electron chi connectivity index (χ0n) is 11.4. The van der Waals surface area contributed by atoms with Crippen molar-refractivity contribution in [3.05, 3.63) is 30.1 Å². The first kappa shape index (κ1) is 13.1. The number of hydrogen-bond donors (Lipinski definition) is 0. The molecule has 106 valence electrons. The van der Waals surface area contributed by atoms with Crippen LogP contribution < -0.4 is 4.90 Å². The minimum atomic E-state index is -0.589. The number of piperazine rings is 1. The molecule has 0 bridgehead atoms. The first-order chi connectivity index (χ1) is 9.65. The van der Waals surface area contributed by atoms with Gasteiger partial charge in [-0.3, -0.25) is 14.5 Å². The minimum absolute atomic E-state index is 0.0575. The predicted octanol–water partition coefficient (Wildman–Crippen LogP) is 1.94. The van der Waals surface area contributed by atoms with E-state index < -0.39 is 17.9 Å². The summed E-state index contributed by atoms with van der Waals surface area (Å²) in [6, 6.07) is 5.15. The standard InChI is InChI=1S/C15H17FN2O2/c1-2-11-14(19)17-9-5-8-13(17)15(20)18(11)12-7-4-3-6-10(12)16/h3-4,6-7,11,13H,2,5,8-9H2,1H3. The fraction of sp³-hybridized carbons (Fsp3) is 0.467. The van der Waals surface area contributed by atoms with Crippen LogP contribution in [0.4, 0.5) is 10.1 Å². The highest BCUT2D eigenvalue weighted by Gasteiger charge is 2.48. The first-order valence-electron chi connectivity index (χ1n) is 7.03. The van der Waals surface area contributed by atoms with E-state index in [0.717, 1.165) is 6.42 Å². The maximum atomic E-state index is 14.0. The van der Waals surface area contributed by atoms with Crippen LogP contribution in [0.25, 0.3) is 0 Å². The molecule has 2 amide bonds. The van der Waals surface area contributed by atoms with E-state index >= 15 is 0 Å². The molecule has 0 radical (unpaired) electrons. The third-order valence-corrected chi connectivity index (χ3v) is 4.15. The van der Waals surface area contributed by atoms with E-state index in [1.807, 2.05) is 6.92 Å². The quantitative estimate of drug-likeness (QED) is 0.828. The number of amides is 2. The molecular weight excluding hydrogens is 259 g/mol. The predicted molar refractivity (Wildman–Crippen MR) is 72.7 cm³/mol. The number of hydrogen-bond acceptors (Lipinski definition) is 2. The van der Waals surface area contributed by atoms with Crippen LogP contribution in [-0.2, 0) is 9.59 Å². The van der Waals surface area contributed by atoms with Crippen molar-refractivity contribution in [2.24, 2.45) is 0 Å². The highest BCUT2D eigenvalue weighted by Crippen LogP contribution is 2.32. The highest BCUT2D eigenvalue weighted by molar-refractivity contribution is 6.08. The molecule has 0 aromatic heterocycles. The van der Waals surface area contributed by atoms with Crippen LogP contribution in [0, 0.1) is 5.82 Å². The van der Waals surface area contributed by atoms with Crippen LogP contribution in [0.5, 0.6) is 0 Å². The second kappa shape index (κ2) is 4.89. The van der Waals surface area contributed by atoms with Crippen LogP contribution in [-0.4, -0.2) is 35.3 Å². The Morgan fingerprint density at radius 2 is 2.00 bits per heavy atom. The van der Waals surface area contributed by atoms with Gasteiger partial charge in [0.15, 0.2) is 0 Å². The third-order valence-electron chi connectivity index (χ3n) is 4.15. The summed E-state index contributed by atoms with van der Waals surface area (Å²) in [4.78, 5) is 28.2. The summed E-state index contributed by atoms with van der Waals surface area (Å²) in [6.45, 7) is 2.48. The van der Waals surface area contributed by atoms with E-state index in [-0.39, 0.29) is 17.5 Å². The van der Waals surface area contributed by atoms with E-state index in [2.05, 4.69) is 0 Å². The van der Waals surface area contributed by atoms with Crippen molar-refractivity contribution in [3.8, 4) is 0 Å². The Hall–Kier alpha value is -1.91. The molecule has 3 rings (SSSR count). The Morgan fingerprint density at radius 1 is 1.25 bits per heavy atom. The number of para-hydroxylation sites is 1. The van der Waals surface area contributed by atoms with E-state index in [1.54, 1.807) is 23.1 Å².